The molecule has 35 heavy (non-hydrogen) atoms. The molecule has 0 aliphatic heterocycles. The standard InChI is InChI=1S/C26H20F2N2O5/c1-33-25(31)22-23(29-30(24(22)26(32)34-2)19-6-4-3-5-7-19)16-9-12-20(13-10-16)35-15-17-8-11-18(27)14-21(17)28/h3-14H,15H2,1-2H3. The molecule has 0 aliphatic rings. The van der Waals surface area contributed by atoms with Gasteiger partial charge < -0.3 is 14.2 Å². The Morgan fingerprint density at radius 2 is 1.57 bits per heavy atom. The highest BCUT2D eigenvalue weighted by atomic mass is 19.1. The minimum Gasteiger partial charge on any atom is -0.489 e. The summed E-state index contributed by atoms with van der Waals surface area (Å²) in [4.78, 5) is 25.4. The molecule has 0 spiro atoms. The van der Waals surface area contributed by atoms with Crippen LogP contribution in [0.25, 0.3) is 16.9 Å². The molecule has 0 saturated heterocycles. The van der Waals surface area contributed by atoms with Gasteiger partial charge in [0.05, 0.1) is 19.9 Å². The van der Waals surface area contributed by atoms with Crippen LogP contribution >= 0.6 is 0 Å². The van der Waals surface area contributed by atoms with Crippen LogP contribution in [0.1, 0.15) is 26.4 Å². The van der Waals surface area contributed by atoms with E-state index >= 15 is 0 Å². The predicted octanol–water partition coefficient (Wildman–Crippen LogP) is 4.97. The molecule has 0 aliphatic carbocycles. The molecule has 3 aromatic carbocycles. The monoisotopic (exact) mass is 478 g/mol. The number of aromatic nitrogens is 2. The zero-order chi connectivity index (χ0) is 24.9. The number of rotatable bonds is 7. The first kappa shape index (κ1) is 23.6. The van der Waals surface area contributed by atoms with Crippen LogP contribution in [-0.4, -0.2) is 35.9 Å². The largest absolute Gasteiger partial charge is 0.489 e. The lowest BCUT2D eigenvalue weighted by Crippen LogP contribution is -2.15. The second kappa shape index (κ2) is 10.2. The average Bonchev–Trinajstić information content (AvgIpc) is 3.29. The fourth-order valence-corrected chi connectivity index (χ4v) is 3.47. The summed E-state index contributed by atoms with van der Waals surface area (Å²) in [6, 6.07) is 18.6. The highest BCUT2D eigenvalue weighted by Gasteiger charge is 2.31. The normalized spacial score (nSPS) is 10.6. The quantitative estimate of drug-likeness (QED) is 0.349. The average molecular weight is 478 g/mol. The number of methoxy groups -OCH3 is 2. The van der Waals surface area contributed by atoms with Crippen molar-refractivity contribution in [1.29, 1.82) is 0 Å². The number of halogens is 2. The summed E-state index contributed by atoms with van der Waals surface area (Å²) in [5.41, 5.74) is 1.33. The highest BCUT2D eigenvalue weighted by molar-refractivity contribution is 6.06. The molecule has 0 radical (unpaired) electrons. The van der Waals surface area contributed by atoms with Crippen LogP contribution < -0.4 is 4.74 Å². The van der Waals surface area contributed by atoms with Crippen LogP contribution in [0, 0.1) is 11.6 Å². The van der Waals surface area contributed by atoms with Gasteiger partial charge in [0.2, 0.25) is 0 Å². The van der Waals surface area contributed by atoms with Crippen molar-refractivity contribution in [3.8, 4) is 22.7 Å². The van der Waals surface area contributed by atoms with Gasteiger partial charge in [-0.15, -0.1) is 0 Å². The van der Waals surface area contributed by atoms with Crippen LogP contribution in [-0.2, 0) is 16.1 Å². The molecular weight excluding hydrogens is 458 g/mol. The van der Waals surface area contributed by atoms with E-state index in [0.717, 1.165) is 12.1 Å². The van der Waals surface area contributed by atoms with Crippen molar-refractivity contribution < 1.29 is 32.6 Å². The number of para-hydroxylation sites is 1. The minimum absolute atomic E-state index is 0.0507. The van der Waals surface area contributed by atoms with E-state index in [4.69, 9.17) is 14.2 Å². The van der Waals surface area contributed by atoms with Gasteiger partial charge in [-0.05, 0) is 48.5 Å². The maximum Gasteiger partial charge on any atom is 0.357 e. The lowest BCUT2D eigenvalue weighted by atomic mass is 10.1. The molecule has 0 saturated carbocycles. The van der Waals surface area contributed by atoms with Crippen LogP contribution in [0.3, 0.4) is 0 Å². The second-order valence-corrected chi connectivity index (χ2v) is 7.35. The predicted molar refractivity (Wildman–Crippen MR) is 122 cm³/mol. The smallest absolute Gasteiger partial charge is 0.357 e. The molecule has 4 rings (SSSR count). The summed E-state index contributed by atoms with van der Waals surface area (Å²) in [6.07, 6.45) is 0. The Hall–Kier alpha value is -4.53. The molecule has 1 aromatic heterocycles. The zero-order valence-corrected chi connectivity index (χ0v) is 18.8. The Bertz CT molecular complexity index is 1370. The Balaban J connectivity index is 1.71. The molecule has 7 nitrogen and oxygen atoms in total. The minimum atomic E-state index is -0.755. The fraction of sp³-hybridized carbons (Fsp3) is 0.115. The lowest BCUT2D eigenvalue weighted by Gasteiger charge is -2.08. The Labute approximate surface area is 199 Å². The van der Waals surface area contributed by atoms with Gasteiger partial charge in [0.15, 0.2) is 5.69 Å². The third-order valence-corrected chi connectivity index (χ3v) is 5.19. The van der Waals surface area contributed by atoms with Gasteiger partial charge in [0.25, 0.3) is 0 Å². The van der Waals surface area contributed by atoms with Crippen molar-refractivity contribution in [3.63, 3.8) is 0 Å². The van der Waals surface area contributed by atoms with E-state index in [1.807, 2.05) is 6.07 Å². The molecule has 0 bridgehead atoms. The summed E-state index contributed by atoms with van der Waals surface area (Å²) in [7, 11) is 2.42. The SMILES string of the molecule is COC(=O)c1c(-c2ccc(OCc3ccc(F)cc3F)cc2)nn(-c2ccccc2)c1C(=O)OC. The van der Waals surface area contributed by atoms with Gasteiger partial charge in [-0.2, -0.15) is 5.10 Å². The number of carbonyl (C=O) groups excluding carboxylic acids is 2. The van der Waals surface area contributed by atoms with Crippen molar-refractivity contribution in [1.82, 2.24) is 9.78 Å². The molecule has 0 N–H and O–H groups in total. The first-order chi connectivity index (χ1) is 16.9. The van der Waals surface area contributed by atoms with E-state index in [1.54, 1.807) is 48.5 Å². The number of benzene rings is 3. The van der Waals surface area contributed by atoms with Gasteiger partial charge in [-0.25, -0.2) is 23.1 Å². The number of hydrogen-bond donors (Lipinski definition) is 0. The first-order valence-corrected chi connectivity index (χ1v) is 10.4. The van der Waals surface area contributed by atoms with E-state index in [-0.39, 0.29) is 29.1 Å². The van der Waals surface area contributed by atoms with E-state index < -0.39 is 23.6 Å². The Morgan fingerprint density at radius 1 is 0.886 bits per heavy atom. The molecule has 0 amide bonds. The summed E-state index contributed by atoms with van der Waals surface area (Å²) >= 11 is 0. The summed E-state index contributed by atoms with van der Waals surface area (Å²) in [6.45, 7) is -0.103. The van der Waals surface area contributed by atoms with Crippen LogP contribution in [0.15, 0.2) is 72.8 Å². The van der Waals surface area contributed by atoms with E-state index in [2.05, 4.69) is 5.10 Å². The molecule has 1 heterocycles. The topological polar surface area (TPSA) is 79.7 Å². The summed E-state index contributed by atoms with van der Waals surface area (Å²) < 4.78 is 43.7. The zero-order valence-electron chi connectivity index (χ0n) is 18.8. The molecule has 0 atom stereocenters. The number of esters is 2. The third kappa shape index (κ3) is 4.89. The third-order valence-electron chi connectivity index (χ3n) is 5.19. The number of nitrogens with zero attached hydrogens (tertiary/aromatic N) is 2. The van der Waals surface area contributed by atoms with Crippen molar-refractivity contribution >= 4 is 11.9 Å². The molecule has 4 aromatic rings. The fourth-order valence-electron chi connectivity index (χ4n) is 3.47. The summed E-state index contributed by atoms with van der Waals surface area (Å²) in [5.74, 6) is -2.47. The molecule has 9 heteroatoms. The van der Waals surface area contributed by atoms with Crippen molar-refractivity contribution in [3.05, 3.63) is 101 Å². The number of ether oxygens (including phenoxy) is 3. The molecular formula is C26H20F2N2O5. The first-order valence-electron chi connectivity index (χ1n) is 10.4. The number of hydrogen-bond acceptors (Lipinski definition) is 6. The van der Waals surface area contributed by atoms with Crippen molar-refractivity contribution in [2.24, 2.45) is 0 Å². The maximum absolute atomic E-state index is 13.9. The van der Waals surface area contributed by atoms with Crippen LogP contribution in [0.5, 0.6) is 5.75 Å². The molecule has 178 valence electrons. The number of carbonyl (C=O) groups is 2. The van der Waals surface area contributed by atoms with Gasteiger partial charge >= 0.3 is 11.9 Å². The van der Waals surface area contributed by atoms with Crippen LogP contribution in [0.4, 0.5) is 8.78 Å². The van der Waals surface area contributed by atoms with E-state index in [0.29, 0.717) is 17.0 Å². The lowest BCUT2D eigenvalue weighted by molar-refractivity contribution is 0.0549. The summed E-state index contributed by atoms with van der Waals surface area (Å²) in [5, 5.41) is 4.52. The molecule has 0 unspecified atom stereocenters. The second-order valence-electron chi connectivity index (χ2n) is 7.35. The van der Waals surface area contributed by atoms with Gasteiger partial charge in [-0.3, -0.25) is 0 Å². The van der Waals surface area contributed by atoms with E-state index in [1.165, 1.54) is 25.0 Å². The van der Waals surface area contributed by atoms with Crippen LogP contribution in [0.2, 0.25) is 0 Å². The van der Waals surface area contributed by atoms with E-state index in [9.17, 15) is 18.4 Å². The van der Waals surface area contributed by atoms with Gasteiger partial charge in [0, 0.05) is 17.2 Å². The molecule has 0 fully saturated rings. The Kier molecular flexibility index (Phi) is 6.86. The van der Waals surface area contributed by atoms with Gasteiger partial charge in [-0.1, -0.05) is 18.2 Å². The Morgan fingerprint density at radius 3 is 2.20 bits per heavy atom. The van der Waals surface area contributed by atoms with Crippen molar-refractivity contribution in [2.75, 3.05) is 14.2 Å². The highest BCUT2D eigenvalue weighted by Crippen LogP contribution is 2.30. The maximum atomic E-state index is 13.9. The van der Waals surface area contributed by atoms with Crippen molar-refractivity contribution in [2.45, 2.75) is 6.61 Å². The van der Waals surface area contributed by atoms with Gasteiger partial charge in [0.1, 0.15) is 35.2 Å².